The fraction of sp³-hybridized carbons (Fsp3) is 0.0638. The average Bonchev–Trinajstić information content (AvgIpc) is 3.76. The van der Waals surface area contributed by atoms with Crippen molar-refractivity contribution in [2.24, 2.45) is 0 Å². The summed E-state index contributed by atoms with van der Waals surface area (Å²) in [6.45, 7) is 4.69. The highest BCUT2D eigenvalue weighted by Gasteiger charge is 2.35. The Morgan fingerprint density at radius 1 is 0.388 bits per heavy atom. The average molecular weight is 625 g/mol. The van der Waals surface area contributed by atoms with Crippen molar-refractivity contribution in [1.82, 2.24) is 8.97 Å². The topological polar surface area (TPSA) is 9.34 Å². The molecule has 0 atom stereocenters. The molecule has 0 aliphatic heterocycles. The maximum Gasteiger partial charge on any atom is 0.0548 e. The standard InChI is InChI=1S/C47H32N2/c1-47(2)40-19-8-5-15-34(40)38-25-30(22-23-41(38)47)29-12-11-13-32(24-29)48-42-20-9-7-18-37(42)39-28-44-31(27-46(39)48)26-45-36-17-4-3-14-33(36)35-16-6-10-21-43(35)49(44)45/h3-28H,1-2H3. The Kier molecular flexibility index (Phi) is 5.21. The minimum absolute atomic E-state index is 0.00305. The Hall–Kier alpha value is -6.12. The second-order valence-corrected chi connectivity index (χ2v) is 14.2. The van der Waals surface area contributed by atoms with Crippen molar-refractivity contribution in [2.45, 2.75) is 19.3 Å². The molecule has 3 aromatic heterocycles. The molecule has 0 saturated carbocycles. The van der Waals surface area contributed by atoms with Crippen LogP contribution in [0.1, 0.15) is 25.0 Å². The van der Waals surface area contributed by atoms with E-state index in [1.807, 2.05) is 0 Å². The van der Waals surface area contributed by atoms with Gasteiger partial charge in [-0.3, -0.25) is 0 Å². The van der Waals surface area contributed by atoms with Gasteiger partial charge in [-0.1, -0.05) is 123 Å². The van der Waals surface area contributed by atoms with Crippen molar-refractivity contribution in [2.75, 3.05) is 0 Å². The number of rotatable bonds is 2. The predicted octanol–water partition coefficient (Wildman–Crippen LogP) is 12.5. The summed E-state index contributed by atoms with van der Waals surface area (Å²) in [5.41, 5.74) is 15.3. The lowest BCUT2D eigenvalue weighted by molar-refractivity contribution is 0.660. The van der Waals surface area contributed by atoms with Crippen molar-refractivity contribution < 1.29 is 0 Å². The molecule has 0 unspecified atom stereocenters. The fourth-order valence-electron chi connectivity index (χ4n) is 8.97. The lowest BCUT2D eigenvalue weighted by atomic mass is 9.82. The van der Waals surface area contributed by atoms with Gasteiger partial charge < -0.3 is 8.97 Å². The van der Waals surface area contributed by atoms with E-state index in [0.29, 0.717) is 0 Å². The van der Waals surface area contributed by atoms with Crippen LogP contribution in [0, 0.1) is 0 Å². The third-order valence-corrected chi connectivity index (χ3v) is 11.3. The number of para-hydroxylation sites is 2. The van der Waals surface area contributed by atoms with Crippen LogP contribution in [0.5, 0.6) is 0 Å². The molecule has 3 heterocycles. The number of nitrogens with zero attached hydrogens (tertiary/aromatic N) is 2. The van der Waals surface area contributed by atoms with Gasteiger partial charge in [-0.2, -0.15) is 0 Å². The maximum absolute atomic E-state index is 2.46. The summed E-state index contributed by atoms with van der Waals surface area (Å²) in [6, 6.07) is 58.7. The van der Waals surface area contributed by atoms with Crippen LogP contribution in [0.25, 0.3) is 87.8 Å². The molecule has 10 aromatic rings. The van der Waals surface area contributed by atoms with Gasteiger partial charge in [0.25, 0.3) is 0 Å². The third kappa shape index (κ3) is 3.55. The summed E-state index contributed by atoms with van der Waals surface area (Å²) in [5, 5.41) is 7.63. The zero-order valence-corrected chi connectivity index (χ0v) is 27.4. The van der Waals surface area contributed by atoms with Crippen molar-refractivity contribution in [3.63, 3.8) is 0 Å². The minimum Gasteiger partial charge on any atom is -0.309 e. The molecule has 0 fully saturated rings. The van der Waals surface area contributed by atoms with Crippen molar-refractivity contribution >= 4 is 59.9 Å². The van der Waals surface area contributed by atoms with Crippen LogP contribution < -0.4 is 0 Å². The summed E-state index contributed by atoms with van der Waals surface area (Å²) in [7, 11) is 0. The van der Waals surface area contributed by atoms with E-state index in [1.54, 1.807) is 0 Å². The highest BCUT2D eigenvalue weighted by molar-refractivity contribution is 6.19. The van der Waals surface area contributed by atoms with E-state index >= 15 is 0 Å². The largest absolute Gasteiger partial charge is 0.309 e. The lowest BCUT2D eigenvalue weighted by Gasteiger charge is -2.21. The van der Waals surface area contributed by atoms with Crippen LogP contribution >= 0.6 is 0 Å². The first-order valence-corrected chi connectivity index (χ1v) is 17.2. The zero-order chi connectivity index (χ0) is 32.4. The van der Waals surface area contributed by atoms with Gasteiger partial charge in [0.05, 0.1) is 27.6 Å². The van der Waals surface area contributed by atoms with Crippen LogP contribution in [0.15, 0.2) is 158 Å². The Morgan fingerprint density at radius 2 is 1.02 bits per heavy atom. The molecule has 2 nitrogen and oxygen atoms in total. The fourth-order valence-corrected chi connectivity index (χ4v) is 8.97. The van der Waals surface area contributed by atoms with Crippen LogP contribution in [0.4, 0.5) is 0 Å². The smallest absolute Gasteiger partial charge is 0.0548 e. The summed E-state index contributed by atoms with van der Waals surface area (Å²) in [4.78, 5) is 0. The maximum atomic E-state index is 2.46. The molecule has 0 amide bonds. The zero-order valence-electron chi connectivity index (χ0n) is 27.4. The first kappa shape index (κ1) is 26.9. The van der Waals surface area contributed by atoms with Crippen molar-refractivity contribution in [3.8, 4) is 27.9 Å². The van der Waals surface area contributed by atoms with E-state index < -0.39 is 0 Å². The molecule has 11 rings (SSSR count). The van der Waals surface area contributed by atoms with Gasteiger partial charge in [0.15, 0.2) is 0 Å². The van der Waals surface area contributed by atoms with Gasteiger partial charge in [-0.25, -0.2) is 0 Å². The molecule has 0 saturated heterocycles. The van der Waals surface area contributed by atoms with Gasteiger partial charge in [0.2, 0.25) is 0 Å². The summed E-state index contributed by atoms with van der Waals surface area (Å²) in [5.74, 6) is 0. The Labute approximate surface area is 284 Å². The third-order valence-electron chi connectivity index (χ3n) is 11.3. The number of aromatic nitrogens is 2. The quantitative estimate of drug-likeness (QED) is 0.169. The molecule has 0 spiro atoms. The Morgan fingerprint density at radius 3 is 1.86 bits per heavy atom. The van der Waals surface area contributed by atoms with E-state index in [4.69, 9.17) is 0 Å². The van der Waals surface area contributed by atoms with Crippen LogP contribution in [0.2, 0.25) is 0 Å². The summed E-state index contributed by atoms with van der Waals surface area (Å²) in [6.07, 6.45) is 0. The molecule has 1 aliphatic rings. The van der Waals surface area contributed by atoms with Crippen molar-refractivity contribution in [1.29, 1.82) is 0 Å². The SMILES string of the molecule is CC1(C)c2ccccc2-c2cc(-c3cccc(-n4c5ccccc5c5cc6c(cc54)cc4c5ccccc5c5ccccc5n64)c3)ccc21. The molecule has 0 bridgehead atoms. The highest BCUT2D eigenvalue weighted by Crippen LogP contribution is 2.49. The second kappa shape index (κ2) is 9.49. The van der Waals surface area contributed by atoms with Gasteiger partial charge in [-0.05, 0) is 87.3 Å². The van der Waals surface area contributed by atoms with Gasteiger partial charge in [0.1, 0.15) is 0 Å². The van der Waals surface area contributed by atoms with E-state index in [0.717, 1.165) is 0 Å². The lowest BCUT2D eigenvalue weighted by Crippen LogP contribution is -2.14. The molecule has 0 N–H and O–H groups in total. The van der Waals surface area contributed by atoms with E-state index in [2.05, 4.69) is 181 Å². The molecular formula is C47H32N2. The summed E-state index contributed by atoms with van der Waals surface area (Å²) >= 11 is 0. The van der Waals surface area contributed by atoms with Crippen molar-refractivity contribution in [3.05, 3.63) is 169 Å². The second-order valence-electron chi connectivity index (χ2n) is 14.2. The summed E-state index contributed by atoms with van der Waals surface area (Å²) < 4.78 is 4.92. The Balaban J connectivity index is 1.16. The Bertz CT molecular complexity index is 3020. The molecule has 2 heteroatoms. The molecule has 230 valence electrons. The number of benzene rings is 7. The normalized spacial score (nSPS) is 13.7. The van der Waals surface area contributed by atoms with E-state index in [9.17, 15) is 0 Å². The number of hydrogen-bond donors (Lipinski definition) is 0. The number of hydrogen-bond acceptors (Lipinski definition) is 0. The monoisotopic (exact) mass is 624 g/mol. The van der Waals surface area contributed by atoms with E-state index in [1.165, 1.54) is 99.0 Å². The highest BCUT2D eigenvalue weighted by atomic mass is 15.0. The molecule has 1 aliphatic carbocycles. The first-order chi connectivity index (χ1) is 24.1. The predicted molar refractivity (Wildman–Crippen MR) is 207 cm³/mol. The van der Waals surface area contributed by atoms with E-state index in [-0.39, 0.29) is 5.41 Å². The molecule has 7 aromatic carbocycles. The van der Waals surface area contributed by atoms with Crippen LogP contribution in [-0.2, 0) is 5.41 Å². The number of pyridine rings is 1. The van der Waals surface area contributed by atoms with Crippen LogP contribution in [-0.4, -0.2) is 8.97 Å². The molecular weight excluding hydrogens is 593 g/mol. The van der Waals surface area contributed by atoms with Gasteiger partial charge in [0, 0.05) is 38.0 Å². The van der Waals surface area contributed by atoms with Crippen LogP contribution in [0.3, 0.4) is 0 Å². The number of fused-ring (bicyclic) bond motifs is 14. The van der Waals surface area contributed by atoms with Gasteiger partial charge >= 0.3 is 0 Å². The first-order valence-electron chi connectivity index (χ1n) is 17.2. The van der Waals surface area contributed by atoms with Gasteiger partial charge in [-0.15, -0.1) is 0 Å². The minimum atomic E-state index is 0.00305. The molecule has 0 radical (unpaired) electrons. The molecule has 49 heavy (non-hydrogen) atoms.